The number of benzene rings is 2. The lowest BCUT2D eigenvalue weighted by Gasteiger charge is -2.31. The molecule has 360 valence electrons. The summed E-state index contributed by atoms with van der Waals surface area (Å²) in [4.78, 5) is 30.4. The van der Waals surface area contributed by atoms with Crippen LogP contribution in [0.25, 0.3) is 11.1 Å². The van der Waals surface area contributed by atoms with Gasteiger partial charge in [-0.2, -0.15) is 9.97 Å². The van der Waals surface area contributed by atoms with Crippen LogP contribution in [-0.2, 0) is 12.8 Å². The van der Waals surface area contributed by atoms with Crippen LogP contribution in [0.4, 0.5) is 5.82 Å². The molecule has 2 saturated heterocycles. The number of allylic oxidation sites excluding steroid dienone is 4. The van der Waals surface area contributed by atoms with Crippen molar-refractivity contribution in [2.45, 2.75) is 116 Å². The third-order valence-corrected chi connectivity index (χ3v) is 14.1. The third-order valence-electron chi connectivity index (χ3n) is 13.8. The van der Waals surface area contributed by atoms with Gasteiger partial charge >= 0.3 is 0 Å². The van der Waals surface area contributed by atoms with Gasteiger partial charge in [0.2, 0.25) is 11.8 Å². The smallest absolute Gasteiger partial charge is 0.220 e. The van der Waals surface area contributed by atoms with E-state index in [2.05, 4.69) is 104 Å². The van der Waals surface area contributed by atoms with Crippen molar-refractivity contribution in [2.24, 2.45) is 0 Å². The van der Waals surface area contributed by atoms with Crippen molar-refractivity contribution >= 4 is 28.6 Å². The zero-order valence-electron chi connectivity index (χ0n) is 41.1. The van der Waals surface area contributed by atoms with Crippen LogP contribution in [0.1, 0.15) is 145 Å². The normalized spacial score (nSPS) is 18.1. The molecular weight excluding hydrogens is 876 g/mol. The van der Waals surface area contributed by atoms with E-state index in [4.69, 9.17) is 36.0 Å². The van der Waals surface area contributed by atoms with Crippen molar-refractivity contribution in [3.05, 3.63) is 171 Å². The van der Waals surface area contributed by atoms with Crippen molar-refractivity contribution in [2.75, 3.05) is 45.3 Å². The standard InChI is InChI=1S/C29H34N4O.C24H24ClN3O.C5H11N/c1-21-31-27(26(29(32-21)34-2)20-22-10-5-3-6-11-22)24-15-13-23(14-16-24)25-12-9-17-30-28(25)33-18-7-4-8-19-33;1-16-27-22(21(24(28-16)29-2)15-17-7-4-3-5-8-17)19-12-10-18(11-13-19)20-9-6-14-26-23(20)25;1-2-4-6-5-3-1/h3,5-6,9-13,17,24H,4,7-8,14-16,18-20H2,1-2H3;3-10,14,19H,11-13,15H2,1-2H3;6H,1-5H2. The zero-order chi connectivity index (χ0) is 47.8. The molecule has 2 atom stereocenters. The summed E-state index contributed by atoms with van der Waals surface area (Å²) in [6.45, 7) is 8.62. The fourth-order valence-corrected chi connectivity index (χ4v) is 10.5. The quantitative estimate of drug-likeness (QED) is 0.126. The summed E-state index contributed by atoms with van der Waals surface area (Å²) in [5, 5.41) is 3.86. The number of methoxy groups -OCH3 is 2. The van der Waals surface area contributed by atoms with Gasteiger partial charge < -0.3 is 19.7 Å². The summed E-state index contributed by atoms with van der Waals surface area (Å²) >= 11 is 6.30. The van der Waals surface area contributed by atoms with Gasteiger partial charge in [0, 0.05) is 72.4 Å². The minimum atomic E-state index is 0.337. The molecule has 4 aliphatic rings. The minimum absolute atomic E-state index is 0.337. The molecule has 1 N–H and O–H groups in total. The third kappa shape index (κ3) is 13.2. The number of rotatable bonds is 11. The molecule has 6 aromatic rings. The van der Waals surface area contributed by atoms with Crippen molar-refractivity contribution in [1.82, 2.24) is 35.2 Å². The van der Waals surface area contributed by atoms with E-state index in [1.807, 2.05) is 38.2 Å². The summed E-state index contributed by atoms with van der Waals surface area (Å²) in [6.07, 6.45) is 24.0. The lowest BCUT2D eigenvalue weighted by atomic mass is 9.82. The van der Waals surface area contributed by atoms with E-state index in [1.54, 1.807) is 20.4 Å². The maximum absolute atomic E-state index is 6.30. The number of aromatic nitrogens is 6. The Hall–Kier alpha value is -5.97. The Balaban J connectivity index is 0.000000167. The molecule has 0 bridgehead atoms. The molecule has 0 amide bonds. The molecule has 2 fully saturated rings. The Morgan fingerprint density at radius 2 is 1.07 bits per heavy atom. The van der Waals surface area contributed by atoms with Crippen molar-refractivity contribution in [3.63, 3.8) is 0 Å². The van der Waals surface area contributed by atoms with Gasteiger partial charge in [0.05, 0.1) is 25.6 Å². The average molecular weight is 946 g/mol. The van der Waals surface area contributed by atoms with Crippen LogP contribution < -0.4 is 19.7 Å². The average Bonchev–Trinajstić information content (AvgIpc) is 3.41. The molecule has 4 aromatic heterocycles. The molecule has 11 heteroatoms. The Labute approximate surface area is 415 Å². The molecule has 10 rings (SSSR count). The molecule has 0 saturated carbocycles. The molecule has 6 heterocycles. The van der Waals surface area contributed by atoms with E-state index in [1.165, 1.54) is 79.5 Å². The topological polar surface area (TPSA) is 111 Å². The number of hydrogen-bond acceptors (Lipinski definition) is 10. The number of anilines is 1. The minimum Gasteiger partial charge on any atom is -0.481 e. The van der Waals surface area contributed by atoms with Crippen molar-refractivity contribution < 1.29 is 9.47 Å². The van der Waals surface area contributed by atoms with E-state index in [9.17, 15) is 0 Å². The van der Waals surface area contributed by atoms with Gasteiger partial charge in [-0.05, 0) is 138 Å². The molecule has 10 nitrogen and oxygen atoms in total. The van der Waals surface area contributed by atoms with Crippen molar-refractivity contribution in [1.29, 1.82) is 0 Å². The molecule has 2 aromatic carbocycles. The summed E-state index contributed by atoms with van der Waals surface area (Å²) in [5.74, 6) is 4.78. The summed E-state index contributed by atoms with van der Waals surface area (Å²) in [6, 6.07) is 29.3. The van der Waals surface area contributed by atoms with E-state index in [0.717, 1.165) is 110 Å². The Bertz CT molecular complexity index is 2640. The fourth-order valence-electron chi connectivity index (χ4n) is 10.2. The molecular formula is C58H69ClN8O2. The second-order valence-electron chi connectivity index (χ2n) is 18.6. The number of piperidine rings is 2. The summed E-state index contributed by atoms with van der Waals surface area (Å²) in [7, 11) is 3.40. The molecule has 2 aliphatic heterocycles. The fraction of sp³-hybridized carbons (Fsp3) is 0.414. The highest BCUT2D eigenvalue weighted by Gasteiger charge is 2.28. The number of halogens is 1. The highest BCUT2D eigenvalue weighted by molar-refractivity contribution is 6.31. The maximum atomic E-state index is 6.30. The maximum Gasteiger partial charge on any atom is 0.220 e. The zero-order valence-corrected chi connectivity index (χ0v) is 41.9. The van der Waals surface area contributed by atoms with E-state index < -0.39 is 0 Å². The summed E-state index contributed by atoms with van der Waals surface area (Å²) in [5.41, 5.74) is 12.0. The molecule has 0 spiro atoms. The predicted molar refractivity (Wildman–Crippen MR) is 281 cm³/mol. The number of ether oxygens (including phenoxy) is 2. The Kier molecular flexibility index (Phi) is 18.0. The van der Waals surface area contributed by atoms with Gasteiger partial charge in [-0.3, -0.25) is 0 Å². The van der Waals surface area contributed by atoms with Crippen LogP contribution >= 0.6 is 11.6 Å². The second kappa shape index (κ2) is 25.1. The van der Waals surface area contributed by atoms with Crippen LogP contribution in [-0.4, -0.2) is 70.3 Å². The lowest BCUT2D eigenvalue weighted by molar-refractivity contribution is 0.387. The summed E-state index contributed by atoms with van der Waals surface area (Å²) < 4.78 is 11.4. The number of nitrogens with zero attached hydrogens (tertiary/aromatic N) is 7. The highest BCUT2D eigenvalue weighted by Crippen LogP contribution is 2.42. The SMILES string of the molecule is C1CCNCC1.COc1nc(C)nc(C2CC=C(c3cccnc3Cl)CC2)c1Cc1ccccc1.COc1nc(C)nc(C2CC=C(c3cccnc3N3CCCCC3)CC2)c1Cc1ccccc1. The van der Waals surface area contributed by atoms with Crippen LogP contribution in [0.5, 0.6) is 11.8 Å². The first-order valence-corrected chi connectivity index (χ1v) is 25.6. The van der Waals surface area contributed by atoms with E-state index >= 15 is 0 Å². The number of nitrogens with one attached hydrogen (secondary N) is 1. The van der Waals surface area contributed by atoms with Crippen LogP contribution in [0.15, 0.2) is 109 Å². The number of hydrogen-bond donors (Lipinski definition) is 1. The Morgan fingerprint density at radius 3 is 1.52 bits per heavy atom. The number of pyridine rings is 2. The van der Waals surface area contributed by atoms with Gasteiger partial charge in [-0.1, -0.05) is 96.9 Å². The van der Waals surface area contributed by atoms with Gasteiger partial charge in [-0.15, -0.1) is 0 Å². The van der Waals surface area contributed by atoms with Gasteiger partial charge in [0.1, 0.15) is 22.6 Å². The van der Waals surface area contributed by atoms with Crippen LogP contribution in [0.2, 0.25) is 5.15 Å². The first-order chi connectivity index (χ1) is 33.9. The van der Waals surface area contributed by atoms with Crippen LogP contribution in [0.3, 0.4) is 0 Å². The van der Waals surface area contributed by atoms with Crippen LogP contribution in [0, 0.1) is 13.8 Å². The van der Waals surface area contributed by atoms with E-state index in [0.29, 0.717) is 28.7 Å². The molecule has 69 heavy (non-hydrogen) atoms. The largest absolute Gasteiger partial charge is 0.481 e. The first-order valence-electron chi connectivity index (χ1n) is 25.2. The molecule has 2 unspecified atom stereocenters. The van der Waals surface area contributed by atoms with Gasteiger partial charge in [0.25, 0.3) is 0 Å². The number of aryl methyl sites for hydroxylation is 2. The first kappa shape index (κ1) is 49.5. The second-order valence-corrected chi connectivity index (χ2v) is 18.9. The van der Waals surface area contributed by atoms with Gasteiger partial charge in [0.15, 0.2) is 0 Å². The Morgan fingerprint density at radius 1 is 0.580 bits per heavy atom. The molecule has 2 aliphatic carbocycles. The van der Waals surface area contributed by atoms with Gasteiger partial charge in [-0.25, -0.2) is 19.9 Å². The van der Waals surface area contributed by atoms with E-state index in [-0.39, 0.29) is 0 Å². The highest BCUT2D eigenvalue weighted by atomic mass is 35.5. The molecule has 0 radical (unpaired) electrons. The van der Waals surface area contributed by atoms with Crippen molar-refractivity contribution in [3.8, 4) is 11.8 Å². The predicted octanol–water partition coefficient (Wildman–Crippen LogP) is 12.7. The monoisotopic (exact) mass is 945 g/mol. The lowest BCUT2D eigenvalue weighted by Crippen LogP contribution is -2.31.